The number of rotatable bonds is 3. The van der Waals surface area contributed by atoms with Crippen molar-refractivity contribution in [1.29, 1.82) is 0 Å². The standard InChI is InChI=1S/C23H29ClN4O4S/c1-5-13-10-14(24)12-26-19(13)20(29)27-15-6-7-17-16(11-15)23(4)18(8-9-32-17)33(30,31)22(2,3)21(25)28-23/h6-7,10-12,18,30-31H,5,8-9H2,1-4H3,(H2,25,28)(H,27,29)/t18-,23-/m1/s1. The fourth-order valence-corrected chi connectivity index (χ4v) is 7.01. The Morgan fingerprint density at radius 2 is 2.06 bits per heavy atom. The molecule has 4 rings (SSSR count). The fourth-order valence-electron chi connectivity index (χ4n) is 4.52. The Morgan fingerprint density at radius 3 is 2.76 bits per heavy atom. The molecule has 0 saturated heterocycles. The summed E-state index contributed by atoms with van der Waals surface area (Å²) >= 11 is 6.02. The second-order valence-corrected chi connectivity index (χ2v) is 12.3. The Morgan fingerprint density at radius 1 is 1.33 bits per heavy atom. The highest BCUT2D eigenvalue weighted by Gasteiger charge is 2.57. The summed E-state index contributed by atoms with van der Waals surface area (Å²) in [6.45, 7) is 7.48. The van der Waals surface area contributed by atoms with E-state index in [1.54, 1.807) is 38.1 Å². The molecule has 8 nitrogen and oxygen atoms in total. The Kier molecular flexibility index (Phi) is 5.89. The lowest BCUT2D eigenvalue weighted by molar-refractivity contribution is 0.102. The van der Waals surface area contributed by atoms with Crippen LogP contribution in [0.25, 0.3) is 0 Å². The summed E-state index contributed by atoms with van der Waals surface area (Å²) in [6, 6.07) is 6.98. The van der Waals surface area contributed by atoms with E-state index in [0.29, 0.717) is 47.2 Å². The number of fused-ring (bicyclic) bond motifs is 3. The maximum atomic E-state index is 13.0. The van der Waals surface area contributed by atoms with Crippen LogP contribution in [0, 0.1) is 0 Å². The summed E-state index contributed by atoms with van der Waals surface area (Å²) in [5.74, 6) is 0.390. The number of nitrogens with two attached hydrogens (primary N) is 1. The predicted molar refractivity (Wildman–Crippen MR) is 133 cm³/mol. The topological polar surface area (TPSA) is 130 Å². The minimum atomic E-state index is -3.17. The van der Waals surface area contributed by atoms with Crippen LogP contribution in [-0.2, 0) is 12.0 Å². The molecule has 33 heavy (non-hydrogen) atoms. The molecule has 2 aliphatic heterocycles. The van der Waals surface area contributed by atoms with Gasteiger partial charge in [0.05, 0.1) is 16.9 Å². The molecule has 5 N–H and O–H groups in total. The molecule has 2 aromatic rings. The smallest absolute Gasteiger partial charge is 0.274 e. The van der Waals surface area contributed by atoms with Gasteiger partial charge in [-0.1, -0.05) is 18.5 Å². The van der Waals surface area contributed by atoms with Crippen molar-refractivity contribution in [3.8, 4) is 5.75 Å². The zero-order chi connectivity index (χ0) is 24.2. The lowest BCUT2D eigenvalue weighted by Crippen LogP contribution is -2.56. The summed E-state index contributed by atoms with van der Waals surface area (Å²) in [5.41, 5.74) is 7.41. The average molecular weight is 493 g/mol. The lowest BCUT2D eigenvalue weighted by Gasteiger charge is -2.58. The molecule has 0 spiro atoms. The van der Waals surface area contributed by atoms with Crippen LogP contribution in [-0.4, -0.2) is 42.4 Å². The van der Waals surface area contributed by atoms with Crippen molar-refractivity contribution < 1.29 is 18.6 Å². The van der Waals surface area contributed by atoms with E-state index in [9.17, 15) is 13.9 Å². The number of hydrogen-bond donors (Lipinski definition) is 4. The number of carbonyl (C=O) groups excluding carboxylic acids is 1. The Balaban J connectivity index is 1.76. The quantitative estimate of drug-likeness (QED) is 0.486. The first-order chi connectivity index (χ1) is 15.4. The van der Waals surface area contributed by atoms with Gasteiger partial charge in [-0.2, -0.15) is 10.6 Å². The maximum absolute atomic E-state index is 13.0. The van der Waals surface area contributed by atoms with Gasteiger partial charge < -0.3 is 15.8 Å². The zero-order valence-corrected chi connectivity index (χ0v) is 20.6. The molecule has 2 atom stereocenters. The molecule has 0 bridgehead atoms. The number of nitrogens with one attached hydrogen (secondary N) is 1. The van der Waals surface area contributed by atoms with Gasteiger partial charge in [0, 0.05) is 23.9 Å². The number of ether oxygens (including phenoxy) is 1. The first-order valence-corrected chi connectivity index (χ1v) is 12.8. The average Bonchev–Trinajstić information content (AvgIpc) is 2.89. The first-order valence-electron chi connectivity index (χ1n) is 10.8. The summed E-state index contributed by atoms with van der Waals surface area (Å²) in [5, 5.41) is 2.76. The van der Waals surface area contributed by atoms with Crippen LogP contribution in [0.3, 0.4) is 0 Å². The van der Waals surface area contributed by atoms with Crippen LogP contribution < -0.4 is 15.8 Å². The molecule has 0 aliphatic carbocycles. The Bertz CT molecular complexity index is 1150. The van der Waals surface area contributed by atoms with Crippen LogP contribution in [0.2, 0.25) is 5.02 Å². The van der Waals surface area contributed by atoms with Crippen molar-refractivity contribution in [2.24, 2.45) is 10.7 Å². The third-order valence-corrected chi connectivity index (χ3v) is 10.1. The number of halogens is 1. The van der Waals surface area contributed by atoms with Crippen LogP contribution in [0.15, 0.2) is 35.5 Å². The van der Waals surface area contributed by atoms with E-state index < -0.39 is 26.1 Å². The minimum absolute atomic E-state index is 0.182. The van der Waals surface area contributed by atoms with E-state index in [1.165, 1.54) is 6.20 Å². The summed E-state index contributed by atoms with van der Waals surface area (Å²) in [7, 11) is -3.17. The maximum Gasteiger partial charge on any atom is 0.274 e. The molecular formula is C23H29ClN4O4S. The van der Waals surface area contributed by atoms with Gasteiger partial charge in [0.2, 0.25) is 0 Å². The zero-order valence-electron chi connectivity index (χ0n) is 19.1. The molecule has 0 radical (unpaired) electrons. The van der Waals surface area contributed by atoms with E-state index in [4.69, 9.17) is 27.1 Å². The van der Waals surface area contributed by atoms with Crippen molar-refractivity contribution in [2.75, 3.05) is 11.9 Å². The number of nitrogens with zero attached hydrogens (tertiary/aromatic N) is 2. The Labute approximate surface area is 200 Å². The number of amidine groups is 1. The van der Waals surface area contributed by atoms with Crippen LogP contribution in [0.5, 0.6) is 5.75 Å². The molecule has 2 aliphatic rings. The van der Waals surface area contributed by atoms with E-state index in [2.05, 4.69) is 10.3 Å². The number of anilines is 1. The van der Waals surface area contributed by atoms with Gasteiger partial charge in [-0.25, -0.2) is 4.98 Å². The third kappa shape index (κ3) is 3.77. The number of aromatic nitrogens is 1. The van der Waals surface area contributed by atoms with Crippen molar-refractivity contribution in [3.05, 3.63) is 52.3 Å². The molecule has 0 fully saturated rings. The largest absolute Gasteiger partial charge is 0.493 e. The summed E-state index contributed by atoms with van der Waals surface area (Å²) in [4.78, 5) is 22.0. The van der Waals surface area contributed by atoms with E-state index in [-0.39, 0.29) is 11.7 Å². The SMILES string of the molecule is CCc1cc(Cl)cnc1C(=O)Nc1ccc2c(c1)[C@@]1(C)N=C(N)C(C)(C)S(O)(O)[C@@H]1CCO2. The van der Waals surface area contributed by atoms with E-state index in [0.717, 1.165) is 5.56 Å². The summed E-state index contributed by atoms with van der Waals surface area (Å²) in [6.07, 6.45) is 2.46. The highest BCUT2D eigenvalue weighted by atomic mass is 35.5. The first kappa shape index (κ1) is 23.8. The highest BCUT2D eigenvalue weighted by Crippen LogP contribution is 2.66. The van der Waals surface area contributed by atoms with Gasteiger partial charge in [0.15, 0.2) is 0 Å². The number of pyridine rings is 1. The number of carbonyl (C=O) groups is 1. The molecule has 1 amide bonds. The molecule has 0 saturated carbocycles. The number of benzene rings is 1. The lowest BCUT2D eigenvalue weighted by atomic mass is 9.86. The van der Waals surface area contributed by atoms with Gasteiger partial charge in [-0.05, 0) is 57.0 Å². The van der Waals surface area contributed by atoms with Crippen molar-refractivity contribution in [3.63, 3.8) is 0 Å². The van der Waals surface area contributed by atoms with Crippen molar-refractivity contribution >= 4 is 39.6 Å². The van der Waals surface area contributed by atoms with E-state index >= 15 is 0 Å². The minimum Gasteiger partial charge on any atom is -0.493 e. The molecule has 10 heteroatoms. The summed E-state index contributed by atoms with van der Waals surface area (Å²) < 4.78 is 27.4. The number of amides is 1. The highest BCUT2D eigenvalue weighted by molar-refractivity contribution is 8.26. The monoisotopic (exact) mass is 492 g/mol. The molecule has 0 unspecified atom stereocenters. The number of aliphatic imine (C=N–C) groups is 1. The normalized spacial score (nSPS) is 26.0. The molecular weight excluding hydrogens is 464 g/mol. The number of hydrogen-bond acceptors (Lipinski definition) is 7. The molecule has 1 aromatic heterocycles. The fraction of sp³-hybridized carbons (Fsp3) is 0.435. The molecule has 178 valence electrons. The van der Waals surface area contributed by atoms with Gasteiger partial charge in [0.25, 0.3) is 5.91 Å². The number of aryl methyl sites for hydroxylation is 1. The van der Waals surface area contributed by atoms with Crippen LogP contribution in [0.4, 0.5) is 5.69 Å². The van der Waals surface area contributed by atoms with Crippen molar-refractivity contribution in [1.82, 2.24) is 4.98 Å². The second-order valence-electron chi connectivity index (χ2n) is 9.05. The van der Waals surface area contributed by atoms with Gasteiger partial charge >= 0.3 is 0 Å². The van der Waals surface area contributed by atoms with Gasteiger partial charge in [-0.15, -0.1) is 0 Å². The van der Waals surface area contributed by atoms with Crippen molar-refractivity contribution in [2.45, 2.75) is 56.1 Å². The Hall–Kier alpha value is -2.33. The third-order valence-electron chi connectivity index (χ3n) is 6.69. The van der Waals surface area contributed by atoms with Gasteiger partial charge in [-0.3, -0.25) is 18.9 Å². The van der Waals surface area contributed by atoms with Crippen LogP contribution >= 0.6 is 22.2 Å². The van der Waals surface area contributed by atoms with E-state index in [1.807, 2.05) is 13.8 Å². The molecule has 1 aromatic carbocycles. The molecule has 3 heterocycles. The van der Waals surface area contributed by atoms with Crippen LogP contribution in [0.1, 0.15) is 55.7 Å². The second kappa shape index (κ2) is 8.16. The van der Waals surface area contributed by atoms with Gasteiger partial charge in [0.1, 0.15) is 27.6 Å². The predicted octanol–water partition coefficient (Wildman–Crippen LogP) is 4.82.